The van der Waals surface area contributed by atoms with Gasteiger partial charge in [-0.05, 0) is 42.0 Å². The fraction of sp³-hybridized carbons (Fsp3) is 0.143. The Morgan fingerprint density at radius 1 is 1.09 bits per heavy atom. The number of amides is 1. The van der Waals surface area contributed by atoms with Crippen LogP contribution in [0.15, 0.2) is 54.7 Å². The van der Waals surface area contributed by atoms with Crippen molar-refractivity contribution in [1.29, 1.82) is 5.26 Å². The summed E-state index contributed by atoms with van der Waals surface area (Å²) in [6, 6.07) is 11.1. The number of benzene rings is 2. The molecule has 2 unspecified atom stereocenters. The summed E-state index contributed by atoms with van der Waals surface area (Å²) in [5.41, 5.74) is 3.90. The van der Waals surface area contributed by atoms with E-state index in [1.807, 2.05) is 0 Å². The van der Waals surface area contributed by atoms with Gasteiger partial charge in [0.15, 0.2) is 5.82 Å². The fourth-order valence-corrected chi connectivity index (χ4v) is 2.75. The van der Waals surface area contributed by atoms with Crippen molar-refractivity contribution in [3.63, 3.8) is 0 Å². The minimum atomic E-state index is -4.73. The van der Waals surface area contributed by atoms with Crippen LogP contribution in [-0.2, 0) is 6.18 Å². The van der Waals surface area contributed by atoms with Crippen molar-refractivity contribution in [2.24, 2.45) is 5.73 Å². The number of alkyl halides is 3. The molecule has 2 aromatic carbocycles. The number of halogens is 3. The van der Waals surface area contributed by atoms with E-state index in [0.717, 1.165) is 6.07 Å². The fourth-order valence-electron chi connectivity index (χ4n) is 2.75. The number of aliphatic hydroxyl groups is 2. The van der Waals surface area contributed by atoms with Crippen LogP contribution in [0.1, 0.15) is 45.2 Å². The molecule has 32 heavy (non-hydrogen) atoms. The van der Waals surface area contributed by atoms with E-state index in [1.54, 1.807) is 6.07 Å². The van der Waals surface area contributed by atoms with Crippen LogP contribution in [0.4, 0.5) is 13.2 Å². The van der Waals surface area contributed by atoms with Crippen LogP contribution in [0, 0.1) is 11.3 Å². The van der Waals surface area contributed by atoms with Crippen molar-refractivity contribution in [2.75, 3.05) is 0 Å². The maximum Gasteiger partial charge on any atom is 0.420 e. The number of nitrogens with zero attached hydrogens (tertiary/aromatic N) is 3. The van der Waals surface area contributed by atoms with E-state index < -0.39 is 35.6 Å². The standard InChI is InChI=1S/C21H15F3N4O4/c22-21(23,24)14-9-11(10-25)1-6-16(14)32-13-4-2-12(3-5-13)17(29)18(30)20-27-8-7-15(28-20)19(26)31/h1-9,17-18,29-30H,(H2,26,31). The van der Waals surface area contributed by atoms with Crippen LogP contribution in [0.3, 0.4) is 0 Å². The van der Waals surface area contributed by atoms with Gasteiger partial charge >= 0.3 is 6.18 Å². The molecule has 11 heteroatoms. The lowest BCUT2D eigenvalue weighted by atomic mass is 10.0. The molecule has 0 aliphatic rings. The Morgan fingerprint density at radius 3 is 2.38 bits per heavy atom. The lowest BCUT2D eigenvalue weighted by Gasteiger charge is -2.18. The summed E-state index contributed by atoms with van der Waals surface area (Å²) >= 11 is 0. The van der Waals surface area contributed by atoms with Crippen LogP contribution in [-0.4, -0.2) is 26.1 Å². The Hall–Kier alpha value is -4.01. The number of primary amides is 1. The van der Waals surface area contributed by atoms with E-state index in [2.05, 4.69) is 9.97 Å². The first kappa shape index (κ1) is 22.7. The largest absolute Gasteiger partial charge is 0.457 e. The first-order chi connectivity index (χ1) is 15.1. The number of carbonyl (C=O) groups excluding carboxylic acids is 1. The molecule has 4 N–H and O–H groups in total. The predicted molar refractivity (Wildman–Crippen MR) is 103 cm³/mol. The number of hydrogen-bond acceptors (Lipinski definition) is 7. The maximum atomic E-state index is 13.3. The number of ether oxygens (including phenoxy) is 1. The van der Waals surface area contributed by atoms with Gasteiger partial charge in [-0.2, -0.15) is 18.4 Å². The van der Waals surface area contributed by atoms with Crippen molar-refractivity contribution in [3.8, 4) is 17.6 Å². The minimum Gasteiger partial charge on any atom is -0.457 e. The number of hydrogen-bond donors (Lipinski definition) is 3. The van der Waals surface area contributed by atoms with Gasteiger partial charge in [-0.3, -0.25) is 4.79 Å². The average Bonchev–Trinajstić information content (AvgIpc) is 2.78. The van der Waals surface area contributed by atoms with E-state index in [0.29, 0.717) is 6.07 Å². The third kappa shape index (κ3) is 5.00. The first-order valence-corrected chi connectivity index (χ1v) is 8.98. The molecule has 0 aliphatic carbocycles. The number of aromatic nitrogens is 2. The van der Waals surface area contributed by atoms with E-state index >= 15 is 0 Å². The second-order valence-electron chi connectivity index (χ2n) is 6.55. The van der Waals surface area contributed by atoms with Crippen molar-refractivity contribution in [1.82, 2.24) is 9.97 Å². The smallest absolute Gasteiger partial charge is 0.420 e. The lowest BCUT2D eigenvalue weighted by Crippen LogP contribution is -2.18. The summed E-state index contributed by atoms with van der Waals surface area (Å²) in [4.78, 5) is 18.8. The molecule has 1 amide bonds. The highest BCUT2D eigenvalue weighted by atomic mass is 19.4. The van der Waals surface area contributed by atoms with Crippen LogP contribution in [0.5, 0.6) is 11.5 Å². The van der Waals surface area contributed by atoms with E-state index in [-0.39, 0.29) is 28.4 Å². The normalized spacial score (nSPS) is 13.1. The van der Waals surface area contributed by atoms with Crippen molar-refractivity contribution < 1.29 is 32.9 Å². The summed E-state index contributed by atoms with van der Waals surface area (Å²) in [7, 11) is 0. The molecule has 0 saturated heterocycles. The molecular formula is C21H15F3N4O4. The number of aliphatic hydroxyl groups excluding tert-OH is 2. The van der Waals surface area contributed by atoms with Gasteiger partial charge < -0.3 is 20.7 Å². The SMILES string of the molecule is N#Cc1ccc(Oc2ccc(C(O)C(O)c3nccc(C(N)=O)n3)cc2)c(C(F)(F)F)c1. The van der Waals surface area contributed by atoms with Gasteiger partial charge in [-0.25, -0.2) is 9.97 Å². The molecule has 2 atom stereocenters. The number of nitriles is 1. The lowest BCUT2D eigenvalue weighted by molar-refractivity contribution is -0.138. The average molecular weight is 444 g/mol. The molecule has 3 rings (SSSR count). The third-order valence-electron chi connectivity index (χ3n) is 4.35. The predicted octanol–water partition coefficient (Wildman–Crippen LogP) is 3.03. The molecule has 0 fully saturated rings. The molecule has 3 aromatic rings. The van der Waals surface area contributed by atoms with Gasteiger partial charge in [0.05, 0.1) is 17.2 Å². The van der Waals surface area contributed by atoms with Gasteiger partial charge in [0.25, 0.3) is 5.91 Å². The number of carbonyl (C=O) groups is 1. The Labute approximate surface area is 179 Å². The minimum absolute atomic E-state index is 0.0256. The Morgan fingerprint density at radius 2 is 1.78 bits per heavy atom. The van der Waals surface area contributed by atoms with E-state index in [1.165, 1.54) is 42.6 Å². The molecule has 1 aromatic heterocycles. The van der Waals surface area contributed by atoms with E-state index in [4.69, 9.17) is 15.7 Å². The second-order valence-corrected chi connectivity index (χ2v) is 6.55. The Bertz CT molecular complexity index is 1180. The summed E-state index contributed by atoms with van der Waals surface area (Å²) in [6.07, 6.45) is -6.64. The van der Waals surface area contributed by atoms with Crippen LogP contribution in [0.2, 0.25) is 0 Å². The number of rotatable bonds is 6. The summed E-state index contributed by atoms with van der Waals surface area (Å²) in [6.45, 7) is 0. The monoisotopic (exact) mass is 444 g/mol. The maximum absolute atomic E-state index is 13.3. The van der Waals surface area contributed by atoms with Crippen molar-refractivity contribution in [3.05, 3.63) is 82.9 Å². The highest BCUT2D eigenvalue weighted by Crippen LogP contribution is 2.39. The highest BCUT2D eigenvalue weighted by Gasteiger charge is 2.35. The van der Waals surface area contributed by atoms with E-state index in [9.17, 15) is 28.2 Å². The van der Waals surface area contributed by atoms with Gasteiger partial charge in [0.1, 0.15) is 29.4 Å². The first-order valence-electron chi connectivity index (χ1n) is 8.98. The Kier molecular flexibility index (Phi) is 6.38. The molecule has 0 bridgehead atoms. The highest BCUT2D eigenvalue weighted by molar-refractivity contribution is 5.90. The zero-order chi connectivity index (χ0) is 23.5. The van der Waals surface area contributed by atoms with Crippen LogP contribution >= 0.6 is 0 Å². The molecular weight excluding hydrogens is 429 g/mol. The van der Waals surface area contributed by atoms with Crippen LogP contribution < -0.4 is 10.5 Å². The molecule has 1 heterocycles. The zero-order valence-electron chi connectivity index (χ0n) is 16.1. The molecule has 0 radical (unpaired) electrons. The topological polar surface area (TPSA) is 142 Å². The van der Waals surface area contributed by atoms with Gasteiger partial charge in [-0.15, -0.1) is 0 Å². The molecule has 164 valence electrons. The van der Waals surface area contributed by atoms with Crippen molar-refractivity contribution >= 4 is 5.91 Å². The summed E-state index contributed by atoms with van der Waals surface area (Å²) in [5.74, 6) is -1.54. The quantitative estimate of drug-likeness (QED) is 0.530. The summed E-state index contributed by atoms with van der Waals surface area (Å²) in [5, 5.41) is 29.5. The van der Waals surface area contributed by atoms with Gasteiger partial charge in [-0.1, -0.05) is 12.1 Å². The molecule has 8 nitrogen and oxygen atoms in total. The molecule has 0 saturated carbocycles. The third-order valence-corrected chi connectivity index (χ3v) is 4.35. The zero-order valence-corrected chi connectivity index (χ0v) is 16.1. The molecule has 0 spiro atoms. The van der Waals surface area contributed by atoms with Crippen LogP contribution in [0.25, 0.3) is 0 Å². The second kappa shape index (κ2) is 9.01. The summed E-state index contributed by atoms with van der Waals surface area (Å²) < 4.78 is 45.1. The van der Waals surface area contributed by atoms with Gasteiger partial charge in [0.2, 0.25) is 0 Å². The molecule has 0 aliphatic heterocycles. The Balaban J connectivity index is 1.81. The number of nitrogens with two attached hydrogens (primary N) is 1. The van der Waals surface area contributed by atoms with Gasteiger partial charge in [0, 0.05) is 6.20 Å². The van der Waals surface area contributed by atoms with Crippen molar-refractivity contribution in [2.45, 2.75) is 18.4 Å².